The second-order valence-electron chi connectivity index (χ2n) is 6.61. The predicted octanol–water partition coefficient (Wildman–Crippen LogP) is 7.49. The van der Waals surface area contributed by atoms with Crippen LogP contribution in [-0.4, -0.2) is 5.11 Å². The Labute approximate surface area is 186 Å². The van der Waals surface area contributed by atoms with Gasteiger partial charge in [-0.25, -0.2) is 0 Å². The molecule has 0 unspecified atom stereocenters. The maximum atomic E-state index is 10.2. The van der Waals surface area contributed by atoms with E-state index in [1.165, 1.54) is 22.3 Å². The van der Waals surface area contributed by atoms with Gasteiger partial charge in [-0.15, -0.1) is 0 Å². The number of rotatable bonds is 3. The summed E-state index contributed by atoms with van der Waals surface area (Å²) < 4.78 is 0. The standard InChI is InChI=1S/C23H22O.3CH3.Ti/c1-3-23(4-2)20-11-7-5-10-18(20)19-14-13-16(15-21(19)23)17-9-6-8-12-22(17)24;;;;/h5-15,24H,3-4H2,1-2H3;3*1H3;/q;3*-1;+3. The van der Waals surface area contributed by atoms with E-state index in [1.807, 2.05) is 18.2 Å². The Bertz CT molecular complexity index is 910. The van der Waals surface area contributed by atoms with Crippen LogP contribution in [0.25, 0.3) is 22.3 Å². The van der Waals surface area contributed by atoms with Gasteiger partial charge in [-0.1, -0.05) is 68.4 Å². The van der Waals surface area contributed by atoms with E-state index in [2.05, 4.69) is 56.3 Å². The minimum Gasteiger partial charge on any atom is -0.507 e. The van der Waals surface area contributed by atoms with Crippen molar-refractivity contribution in [1.82, 2.24) is 0 Å². The Morgan fingerprint density at radius 1 is 0.679 bits per heavy atom. The van der Waals surface area contributed by atoms with E-state index in [4.69, 9.17) is 0 Å². The second-order valence-corrected chi connectivity index (χ2v) is 6.61. The molecule has 4 rings (SSSR count). The van der Waals surface area contributed by atoms with E-state index in [0.717, 1.165) is 24.0 Å². The SMILES string of the molecule is CCC1(CC)c2ccccc2-c2ccc(-c3ccccc3O)cc21.[CH3-].[CH3-].[CH3-].[Ti+3]. The van der Waals surface area contributed by atoms with Crippen molar-refractivity contribution in [2.24, 2.45) is 0 Å². The quantitative estimate of drug-likeness (QED) is 0.352. The van der Waals surface area contributed by atoms with Crippen molar-refractivity contribution in [3.8, 4) is 28.0 Å². The fourth-order valence-electron chi connectivity index (χ4n) is 4.35. The molecule has 145 valence electrons. The Balaban J connectivity index is 0.00000182. The van der Waals surface area contributed by atoms with E-state index < -0.39 is 0 Å². The molecule has 1 aliphatic carbocycles. The monoisotopic (exact) mass is 407 g/mol. The molecule has 0 spiro atoms. The third-order valence-corrected chi connectivity index (χ3v) is 5.69. The molecule has 0 bridgehead atoms. The van der Waals surface area contributed by atoms with Crippen LogP contribution >= 0.6 is 0 Å². The molecule has 0 heterocycles. The number of hydrogen-bond acceptors (Lipinski definition) is 1. The normalized spacial score (nSPS) is 12.2. The summed E-state index contributed by atoms with van der Waals surface area (Å²) in [5, 5.41) is 10.2. The van der Waals surface area contributed by atoms with Gasteiger partial charge in [0.15, 0.2) is 0 Å². The molecule has 3 aromatic carbocycles. The molecule has 0 saturated carbocycles. The van der Waals surface area contributed by atoms with E-state index in [1.54, 1.807) is 6.07 Å². The van der Waals surface area contributed by atoms with Gasteiger partial charge in [-0.3, -0.25) is 0 Å². The number of phenols is 1. The molecule has 1 N–H and O–H groups in total. The molecule has 2 heteroatoms. The molecule has 1 radical (unpaired) electrons. The van der Waals surface area contributed by atoms with Crippen molar-refractivity contribution in [1.29, 1.82) is 0 Å². The van der Waals surface area contributed by atoms with Crippen LogP contribution in [0.15, 0.2) is 66.7 Å². The zero-order chi connectivity index (χ0) is 16.7. The molecule has 0 saturated heterocycles. The Morgan fingerprint density at radius 2 is 1.21 bits per heavy atom. The van der Waals surface area contributed by atoms with Gasteiger partial charge in [0.2, 0.25) is 0 Å². The van der Waals surface area contributed by atoms with Crippen molar-refractivity contribution in [2.75, 3.05) is 0 Å². The summed E-state index contributed by atoms with van der Waals surface area (Å²) in [4.78, 5) is 0. The number of fused-ring (bicyclic) bond motifs is 3. The van der Waals surface area contributed by atoms with Gasteiger partial charge in [-0.05, 0) is 52.8 Å². The first kappa shape index (κ1) is 26.2. The van der Waals surface area contributed by atoms with Gasteiger partial charge < -0.3 is 27.4 Å². The minimum atomic E-state index is 0. The average molecular weight is 407 g/mol. The fourth-order valence-corrected chi connectivity index (χ4v) is 4.35. The van der Waals surface area contributed by atoms with Gasteiger partial charge in [0.05, 0.1) is 0 Å². The smallest absolute Gasteiger partial charge is 0.507 e. The summed E-state index contributed by atoms with van der Waals surface area (Å²) in [5.74, 6) is 0.339. The summed E-state index contributed by atoms with van der Waals surface area (Å²) in [6.07, 6.45) is 2.16. The summed E-state index contributed by atoms with van der Waals surface area (Å²) in [6.45, 7) is 4.56. The van der Waals surface area contributed by atoms with E-state index >= 15 is 0 Å². The third-order valence-electron chi connectivity index (χ3n) is 5.69. The van der Waals surface area contributed by atoms with Crippen LogP contribution in [-0.2, 0) is 27.1 Å². The molecule has 0 atom stereocenters. The molecule has 1 nitrogen and oxygen atoms in total. The first-order chi connectivity index (χ1) is 11.7. The Hall–Kier alpha value is -1.83. The molecular weight excluding hydrogens is 376 g/mol. The van der Waals surface area contributed by atoms with Gasteiger partial charge in [0, 0.05) is 11.0 Å². The molecule has 0 aromatic heterocycles. The maximum Gasteiger partial charge on any atom is 3.00 e. The van der Waals surface area contributed by atoms with Crippen LogP contribution in [0.2, 0.25) is 0 Å². The van der Waals surface area contributed by atoms with E-state index in [-0.39, 0.29) is 49.4 Å². The first-order valence-electron chi connectivity index (χ1n) is 8.74. The van der Waals surface area contributed by atoms with Crippen molar-refractivity contribution in [3.63, 3.8) is 0 Å². The molecule has 1 aliphatic rings. The topological polar surface area (TPSA) is 20.2 Å². The molecule has 0 fully saturated rings. The van der Waals surface area contributed by atoms with Crippen LogP contribution in [0.3, 0.4) is 0 Å². The number of phenolic OH excluding ortho intramolecular Hbond substituents is 1. The average Bonchev–Trinajstić information content (AvgIpc) is 2.92. The summed E-state index contributed by atoms with van der Waals surface area (Å²) in [6, 6.07) is 23.0. The summed E-state index contributed by atoms with van der Waals surface area (Å²) >= 11 is 0. The van der Waals surface area contributed by atoms with Gasteiger partial charge in [-0.2, -0.15) is 0 Å². The second kappa shape index (κ2) is 10.1. The zero-order valence-corrected chi connectivity index (χ0v) is 19.3. The van der Waals surface area contributed by atoms with Crippen molar-refractivity contribution >= 4 is 0 Å². The fraction of sp³-hybridized carbons (Fsp3) is 0.192. The van der Waals surface area contributed by atoms with Gasteiger partial charge >= 0.3 is 21.7 Å². The molecule has 28 heavy (non-hydrogen) atoms. The van der Waals surface area contributed by atoms with Crippen LogP contribution in [0.1, 0.15) is 37.8 Å². The van der Waals surface area contributed by atoms with Crippen LogP contribution in [0, 0.1) is 22.3 Å². The first-order valence-corrected chi connectivity index (χ1v) is 8.74. The Morgan fingerprint density at radius 3 is 1.82 bits per heavy atom. The molecule has 0 amide bonds. The number of hydrogen-bond donors (Lipinski definition) is 1. The van der Waals surface area contributed by atoms with Crippen LogP contribution in [0.4, 0.5) is 0 Å². The van der Waals surface area contributed by atoms with Gasteiger partial charge in [0.1, 0.15) is 5.75 Å². The van der Waals surface area contributed by atoms with E-state index in [0.29, 0.717) is 5.75 Å². The van der Waals surface area contributed by atoms with Gasteiger partial charge in [0.25, 0.3) is 0 Å². The maximum absolute atomic E-state index is 10.2. The predicted molar refractivity (Wildman–Crippen MR) is 120 cm³/mol. The van der Waals surface area contributed by atoms with E-state index in [9.17, 15) is 5.11 Å². The number of para-hydroxylation sites is 1. The van der Waals surface area contributed by atoms with Crippen LogP contribution in [0.5, 0.6) is 5.75 Å². The van der Waals surface area contributed by atoms with Crippen molar-refractivity contribution < 1.29 is 26.8 Å². The largest absolute Gasteiger partial charge is 3.00 e. The summed E-state index contributed by atoms with van der Waals surface area (Å²) in [5.41, 5.74) is 7.61. The molecule has 0 aliphatic heterocycles. The number of aromatic hydroxyl groups is 1. The zero-order valence-electron chi connectivity index (χ0n) is 17.7. The third kappa shape index (κ3) is 3.71. The Kier molecular flexibility index (Phi) is 9.44. The minimum absolute atomic E-state index is 0. The van der Waals surface area contributed by atoms with Crippen molar-refractivity contribution in [2.45, 2.75) is 32.1 Å². The van der Waals surface area contributed by atoms with Crippen LogP contribution < -0.4 is 0 Å². The number of benzene rings is 3. The van der Waals surface area contributed by atoms with Crippen molar-refractivity contribution in [3.05, 3.63) is 100 Å². The summed E-state index contributed by atoms with van der Waals surface area (Å²) in [7, 11) is 0. The molecular formula is C26H31OTi. The molecule has 3 aromatic rings.